The van der Waals surface area contributed by atoms with E-state index in [0.717, 1.165) is 24.5 Å². The molecular weight excluding hydrogens is 287 g/mol. The predicted octanol–water partition coefficient (Wildman–Crippen LogP) is 1.60. The molecule has 1 aromatic carbocycles. The monoisotopic (exact) mass is 294 g/mol. The van der Waals surface area contributed by atoms with Crippen LogP contribution < -0.4 is 0 Å². The van der Waals surface area contributed by atoms with Gasteiger partial charge in [0, 0.05) is 23.4 Å². The van der Waals surface area contributed by atoms with E-state index >= 15 is 0 Å². The van der Waals surface area contributed by atoms with Crippen LogP contribution in [0.5, 0.6) is 0 Å². The van der Waals surface area contributed by atoms with Gasteiger partial charge in [0.25, 0.3) is 0 Å². The summed E-state index contributed by atoms with van der Waals surface area (Å²) < 4.78 is 41.0. The molecule has 0 amide bonds. The normalized spacial score (nSPS) is 14.1. The molecule has 20 heavy (non-hydrogen) atoms. The summed E-state index contributed by atoms with van der Waals surface area (Å²) in [6, 6.07) is 4.21. The Morgan fingerprint density at radius 1 is 1.00 bits per heavy atom. The first-order valence-corrected chi connectivity index (χ1v) is 7.41. The number of halogens is 1. The van der Waals surface area contributed by atoms with Crippen LogP contribution in [-0.2, 0) is 9.84 Å². The predicted molar refractivity (Wildman–Crippen MR) is 65.1 cm³/mol. The molecule has 3 rings (SSSR count). The molecule has 0 aliphatic heterocycles. The zero-order valence-electron chi connectivity index (χ0n) is 10.1. The van der Waals surface area contributed by atoms with Gasteiger partial charge in [-0.3, -0.25) is 9.59 Å². The van der Waals surface area contributed by atoms with E-state index in [1.807, 2.05) is 0 Å². The van der Waals surface area contributed by atoms with Crippen molar-refractivity contribution in [3.05, 3.63) is 52.5 Å². The van der Waals surface area contributed by atoms with Gasteiger partial charge >= 0.3 is 0 Å². The zero-order valence-corrected chi connectivity index (χ0v) is 11.0. The fourth-order valence-electron chi connectivity index (χ4n) is 2.06. The van der Waals surface area contributed by atoms with Crippen molar-refractivity contribution in [3.63, 3.8) is 0 Å². The van der Waals surface area contributed by atoms with Crippen LogP contribution in [0, 0.1) is 5.82 Å². The topological polar surface area (TPSA) is 81.4 Å². The smallest absolute Gasteiger partial charge is 0.229 e. The molecule has 0 radical (unpaired) electrons. The van der Waals surface area contributed by atoms with Crippen LogP contribution in [0.4, 0.5) is 4.39 Å². The summed E-state index contributed by atoms with van der Waals surface area (Å²) in [7, 11) is -3.68. The molecule has 5 nitrogen and oxygen atoms in total. The fourth-order valence-corrected chi connectivity index (χ4v) is 2.62. The summed E-state index contributed by atoms with van der Waals surface area (Å²) in [4.78, 5) is 24.3. The first-order chi connectivity index (χ1) is 9.29. The van der Waals surface area contributed by atoms with Gasteiger partial charge in [-0.05, 0) is 18.2 Å². The van der Waals surface area contributed by atoms with Crippen LogP contribution in [0.2, 0.25) is 0 Å². The van der Waals surface area contributed by atoms with Crippen molar-refractivity contribution in [1.82, 2.24) is 0 Å². The van der Waals surface area contributed by atoms with Crippen molar-refractivity contribution >= 4 is 21.4 Å². The van der Waals surface area contributed by atoms with Gasteiger partial charge < -0.3 is 4.42 Å². The van der Waals surface area contributed by atoms with Gasteiger partial charge in [-0.25, -0.2) is 12.8 Å². The van der Waals surface area contributed by atoms with E-state index in [4.69, 9.17) is 4.42 Å². The number of sulfone groups is 1. The lowest BCUT2D eigenvalue weighted by Crippen LogP contribution is -2.19. The Bertz CT molecular complexity index is 876. The van der Waals surface area contributed by atoms with E-state index in [-0.39, 0.29) is 22.5 Å². The SMILES string of the molecule is CS(=O)(=O)c1cc2c(o1)C(=O)c1cc(F)ccc1C2=O. The molecular formula is C13H7FO5S. The van der Waals surface area contributed by atoms with Crippen LogP contribution >= 0.6 is 0 Å². The minimum Gasteiger partial charge on any atom is -0.440 e. The Hall–Kier alpha value is -2.28. The number of hydrogen-bond acceptors (Lipinski definition) is 5. The Morgan fingerprint density at radius 2 is 1.70 bits per heavy atom. The quantitative estimate of drug-likeness (QED) is 0.681. The Balaban J connectivity index is 2.29. The number of benzene rings is 1. The number of rotatable bonds is 1. The van der Waals surface area contributed by atoms with E-state index in [9.17, 15) is 22.4 Å². The number of furan rings is 1. The number of fused-ring (bicyclic) bond motifs is 2. The third-order valence-electron chi connectivity index (χ3n) is 3.00. The summed E-state index contributed by atoms with van der Waals surface area (Å²) in [6.07, 6.45) is 0.902. The van der Waals surface area contributed by atoms with Crippen molar-refractivity contribution in [2.45, 2.75) is 5.09 Å². The van der Waals surface area contributed by atoms with Gasteiger partial charge in [-0.15, -0.1) is 0 Å². The van der Waals surface area contributed by atoms with Gasteiger partial charge in [-0.2, -0.15) is 0 Å². The van der Waals surface area contributed by atoms with Gasteiger partial charge in [-0.1, -0.05) is 0 Å². The molecule has 0 atom stereocenters. The van der Waals surface area contributed by atoms with E-state index in [0.29, 0.717) is 0 Å². The van der Waals surface area contributed by atoms with Crippen LogP contribution in [0.25, 0.3) is 0 Å². The molecule has 0 spiro atoms. The van der Waals surface area contributed by atoms with Gasteiger partial charge in [0.05, 0.1) is 5.56 Å². The average Bonchev–Trinajstić information content (AvgIpc) is 2.81. The lowest BCUT2D eigenvalue weighted by molar-refractivity contribution is 0.0957. The molecule has 0 N–H and O–H groups in total. The molecule has 1 heterocycles. The molecule has 7 heteroatoms. The van der Waals surface area contributed by atoms with Crippen molar-refractivity contribution < 1.29 is 26.8 Å². The molecule has 1 aromatic heterocycles. The number of carbonyl (C=O) groups excluding carboxylic acids is 2. The van der Waals surface area contributed by atoms with Crippen molar-refractivity contribution in [2.75, 3.05) is 6.26 Å². The van der Waals surface area contributed by atoms with E-state index < -0.39 is 32.3 Å². The number of hydrogen-bond donors (Lipinski definition) is 0. The van der Waals surface area contributed by atoms with Crippen LogP contribution in [-0.4, -0.2) is 26.2 Å². The highest BCUT2D eigenvalue weighted by atomic mass is 32.2. The number of carbonyl (C=O) groups is 2. The third-order valence-corrected chi connectivity index (χ3v) is 3.93. The van der Waals surface area contributed by atoms with Crippen LogP contribution in [0.3, 0.4) is 0 Å². The van der Waals surface area contributed by atoms with Crippen molar-refractivity contribution in [2.24, 2.45) is 0 Å². The zero-order chi connectivity index (χ0) is 14.7. The molecule has 0 saturated carbocycles. The maximum atomic E-state index is 13.2. The van der Waals surface area contributed by atoms with E-state index in [2.05, 4.69) is 0 Å². The maximum absolute atomic E-state index is 13.2. The molecule has 1 aliphatic carbocycles. The molecule has 0 bridgehead atoms. The average molecular weight is 294 g/mol. The van der Waals surface area contributed by atoms with E-state index in [1.165, 1.54) is 6.07 Å². The van der Waals surface area contributed by atoms with E-state index in [1.54, 1.807) is 0 Å². The van der Waals surface area contributed by atoms with Gasteiger partial charge in [0.2, 0.25) is 20.7 Å². The first kappa shape index (κ1) is 12.7. The number of ketones is 2. The highest BCUT2D eigenvalue weighted by Gasteiger charge is 2.35. The lowest BCUT2D eigenvalue weighted by atomic mass is 9.88. The van der Waals surface area contributed by atoms with Crippen molar-refractivity contribution in [1.29, 1.82) is 0 Å². The van der Waals surface area contributed by atoms with Gasteiger partial charge in [0.15, 0.2) is 11.5 Å². The Labute approximate surface area is 112 Å². The minimum absolute atomic E-state index is 0.0322. The van der Waals surface area contributed by atoms with Gasteiger partial charge in [0.1, 0.15) is 5.82 Å². The molecule has 0 fully saturated rings. The molecule has 102 valence electrons. The Kier molecular flexibility index (Phi) is 2.46. The van der Waals surface area contributed by atoms with Crippen molar-refractivity contribution in [3.8, 4) is 0 Å². The molecule has 1 aliphatic rings. The standard InChI is InChI=1S/C13H7FO5S/c1-20(17,18)10-5-9-11(15)7-3-2-6(14)4-8(7)12(16)13(9)19-10/h2-5H,1H3. The molecule has 2 aromatic rings. The third kappa shape index (κ3) is 1.70. The lowest BCUT2D eigenvalue weighted by Gasteiger charge is -2.12. The summed E-state index contributed by atoms with van der Waals surface area (Å²) in [6.45, 7) is 0. The highest BCUT2D eigenvalue weighted by molar-refractivity contribution is 7.90. The van der Waals surface area contributed by atoms with Crippen LogP contribution in [0.15, 0.2) is 33.8 Å². The first-order valence-electron chi connectivity index (χ1n) is 5.52. The summed E-state index contributed by atoms with van der Waals surface area (Å²) in [5, 5.41) is -0.461. The second-order valence-corrected chi connectivity index (χ2v) is 6.38. The minimum atomic E-state index is -3.68. The highest BCUT2D eigenvalue weighted by Crippen LogP contribution is 2.31. The second kappa shape index (κ2) is 3.86. The Morgan fingerprint density at radius 3 is 2.35 bits per heavy atom. The summed E-state index contributed by atoms with van der Waals surface area (Å²) in [5.41, 5.74) is -0.212. The summed E-state index contributed by atoms with van der Waals surface area (Å²) in [5.74, 6) is -2.30. The molecule has 0 saturated heterocycles. The largest absolute Gasteiger partial charge is 0.440 e. The molecule has 0 unspecified atom stereocenters. The fraction of sp³-hybridized carbons (Fsp3) is 0.0769. The summed E-state index contributed by atoms with van der Waals surface area (Å²) >= 11 is 0. The maximum Gasteiger partial charge on any atom is 0.229 e. The second-order valence-electron chi connectivity index (χ2n) is 4.43. The van der Waals surface area contributed by atoms with Crippen LogP contribution in [0.1, 0.15) is 32.0 Å².